The van der Waals surface area contributed by atoms with Crippen molar-refractivity contribution in [2.75, 3.05) is 25.4 Å². The van der Waals surface area contributed by atoms with E-state index in [0.717, 1.165) is 31.1 Å². The molecule has 102 valence electrons. The molecule has 0 amide bonds. The lowest BCUT2D eigenvalue weighted by molar-refractivity contribution is 0.160. The number of hydrogen-bond donors (Lipinski definition) is 1. The van der Waals surface area contributed by atoms with E-state index in [4.69, 9.17) is 10.5 Å². The highest BCUT2D eigenvalue weighted by Crippen LogP contribution is 2.13. The normalized spacial score (nSPS) is 11.5. The molecule has 3 nitrogen and oxygen atoms in total. The first kappa shape index (κ1) is 14.8. The van der Waals surface area contributed by atoms with Gasteiger partial charge in [-0.1, -0.05) is 13.8 Å². The zero-order chi connectivity index (χ0) is 13.5. The largest absolute Gasteiger partial charge is 0.492 e. The molecule has 1 aromatic rings. The van der Waals surface area contributed by atoms with Gasteiger partial charge < -0.3 is 10.5 Å². The molecule has 3 heteroatoms. The molecule has 0 aliphatic rings. The Morgan fingerprint density at radius 2 is 1.72 bits per heavy atom. The maximum absolute atomic E-state index is 5.73. The summed E-state index contributed by atoms with van der Waals surface area (Å²) in [6.07, 6.45) is 0. The van der Waals surface area contributed by atoms with E-state index >= 15 is 0 Å². The predicted molar refractivity (Wildman–Crippen MR) is 77.9 cm³/mol. The topological polar surface area (TPSA) is 38.5 Å². The molecule has 0 radical (unpaired) electrons. The zero-order valence-electron chi connectivity index (χ0n) is 12.0. The maximum Gasteiger partial charge on any atom is 0.119 e. The summed E-state index contributed by atoms with van der Waals surface area (Å²) in [7, 11) is 0. The number of benzene rings is 1. The molecular formula is C15H26N2O. The molecule has 0 spiro atoms. The van der Waals surface area contributed by atoms with Crippen LogP contribution in [0.3, 0.4) is 0 Å². The summed E-state index contributed by atoms with van der Waals surface area (Å²) in [5.74, 6) is 1.57. The molecule has 0 aliphatic carbocycles. The van der Waals surface area contributed by atoms with Gasteiger partial charge in [-0.2, -0.15) is 0 Å². The van der Waals surface area contributed by atoms with Crippen LogP contribution >= 0.6 is 0 Å². The predicted octanol–water partition coefficient (Wildman–Crippen LogP) is 3.01. The number of ether oxygens (including phenoxy) is 1. The van der Waals surface area contributed by atoms with Gasteiger partial charge in [0, 0.05) is 24.8 Å². The van der Waals surface area contributed by atoms with Crippen LogP contribution in [0.5, 0.6) is 5.75 Å². The Balaban J connectivity index is 2.36. The maximum atomic E-state index is 5.73. The SMILES string of the molecule is CC(C)CN(CCOc1ccc(N)cc1)C(C)C. The second-order valence-corrected chi connectivity index (χ2v) is 5.40. The first-order chi connectivity index (χ1) is 8.49. The fourth-order valence-electron chi connectivity index (χ4n) is 1.87. The smallest absolute Gasteiger partial charge is 0.119 e. The van der Waals surface area contributed by atoms with Crippen LogP contribution in [-0.4, -0.2) is 30.6 Å². The van der Waals surface area contributed by atoms with Crippen LogP contribution in [0.4, 0.5) is 5.69 Å². The summed E-state index contributed by atoms with van der Waals surface area (Å²) in [6, 6.07) is 8.12. The minimum Gasteiger partial charge on any atom is -0.492 e. The molecule has 0 saturated carbocycles. The highest BCUT2D eigenvalue weighted by atomic mass is 16.5. The molecular weight excluding hydrogens is 224 g/mol. The van der Waals surface area contributed by atoms with Crippen LogP contribution in [0.2, 0.25) is 0 Å². The average molecular weight is 250 g/mol. The molecule has 0 heterocycles. The Morgan fingerprint density at radius 1 is 1.11 bits per heavy atom. The molecule has 0 aromatic heterocycles. The third-order valence-corrected chi connectivity index (χ3v) is 2.86. The van der Waals surface area contributed by atoms with Crippen molar-refractivity contribution in [3.05, 3.63) is 24.3 Å². The Labute approximate surface area is 111 Å². The number of hydrogen-bond acceptors (Lipinski definition) is 3. The lowest BCUT2D eigenvalue weighted by Crippen LogP contribution is -2.37. The van der Waals surface area contributed by atoms with Crippen LogP contribution in [-0.2, 0) is 0 Å². The van der Waals surface area contributed by atoms with Crippen molar-refractivity contribution in [2.45, 2.75) is 33.7 Å². The molecule has 0 atom stereocenters. The van der Waals surface area contributed by atoms with E-state index in [0.29, 0.717) is 12.0 Å². The van der Waals surface area contributed by atoms with Gasteiger partial charge in [0.05, 0.1) is 0 Å². The van der Waals surface area contributed by atoms with Gasteiger partial charge in [0.1, 0.15) is 12.4 Å². The van der Waals surface area contributed by atoms with Crippen molar-refractivity contribution in [1.82, 2.24) is 4.90 Å². The molecule has 0 fully saturated rings. The highest BCUT2D eigenvalue weighted by Gasteiger charge is 2.10. The van der Waals surface area contributed by atoms with Gasteiger partial charge in [-0.25, -0.2) is 0 Å². The van der Waals surface area contributed by atoms with Crippen LogP contribution in [0.15, 0.2) is 24.3 Å². The number of nitrogens with zero attached hydrogens (tertiary/aromatic N) is 1. The zero-order valence-corrected chi connectivity index (χ0v) is 12.0. The fraction of sp³-hybridized carbons (Fsp3) is 0.600. The molecule has 0 unspecified atom stereocenters. The Hall–Kier alpha value is -1.22. The second kappa shape index (κ2) is 7.27. The number of rotatable bonds is 7. The van der Waals surface area contributed by atoms with Gasteiger partial charge in [-0.3, -0.25) is 4.90 Å². The second-order valence-electron chi connectivity index (χ2n) is 5.40. The van der Waals surface area contributed by atoms with Crippen molar-refractivity contribution >= 4 is 5.69 Å². The quantitative estimate of drug-likeness (QED) is 0.756. The third-order valence-electron chi connectivity index (χ3n) is 2.86. The van der Waals surface area contributed by atoms with Crippen molar-refractivity contribution in [3.63, 3.8) is 0 Å². The molecule has 2 N–H and O–H groups in total. The minimum absolute atomic E-state index is 0.558. The summed E-state index contributed by atoms with van der Waals surface area (Å²) in [5, 5.41) is 0. The van der Waals surface area contributed by atoms with Crippen LogP contribution in [0, 0.1) is 5.92 Å². The van der Waals surface area contributed by atoms with Crippen LogP contribution in [0.1, 0.15) is 27.7 Å². The molecule has 0 saturated heterocycles. The summed E-state index contributed by atoms with van der Waals surface area (Å²) in [6.45, 7) is 11.7. The van der Waals surface area contributed by atoms with Gasteiger partial charge in [0.15, 0.2) is 0 Å². The van der Waals surface area contributed by atoms with E-state index in [9.17, 15) is 0 Å². The number of nitrogen functional groups attached to an aromatic ring is 1. The van der Waals surface area contributed by atoms with Gasteiger partial charge in [0.2, 0.25) is 0 Å². The number of anilines is 1. The van der Waals surface area contributed by atoms with Gasteiger partial charge in [0.25, 0.3) is 0 Å². The van der Waals surface area contributed by atoms with Gasteiger partial charge in [-0.05, 0) is 44.0 Å². The first-order valence-corrected chi connectivity index (χ1v) is 6.71. The molecule has 18 heavy (non-hydrogen) atoms. The van der Waals surface area contributed by atoms with Gasteiger partial charge >= 0.3 is 0 Å². The summed E-state index contributed by atoms with van der Waals surface area (Å²) in [5.41, 5.74) is 6.40. The van der Waals surface area contributed by atoms with Crippen molar-refractivity contribution in [3.8, 4) is 5.75 Å². The Morgan fingerprint density at radius 3 is 2.22 bits per heavy atom. The van der Waals surface area contributed by atoms with E-state index < -0.39 is 0 Å². The minimum atomic E-state index is 0.558. The number of nitrogens with two attached hydrogens (primary N) is 1. The Bertz CT molecular complexity index is 333. The first-order valence-electron chi connectivity index (χ1n) is 6.71. The highest BCUT2D eigenvalue weighted by molar-refractivity contribution is 5.41. The standard InChI is InChI=1S/C15H26N2O/c1-12(2)11-17(13(3)4)9-10-18-15-7-5-14(16)6-8-15/h5-8,12-13H,9-11,16H2,1-4H3. The van der Waals surface area contributed by atoms with E-state index in [2.05, 4.69) is 32.6 Å². The average Bonchev–Trinajstić information content (AvgIpc) is 2.29. The van der Waals surface area contributed by atoms with Crippen molar-refractivity contribution in [1.29, 1.82) is 0 Å². The van der Waals surface area contributed by atoms with E-state index in [1.807, 2.05) is 24.3 Å². The van der Waals surface area contributed by atoms with E-state index in [-0.39, 0.29) is 0 Å². The monoisotopic (exact) mass is 250 g/mol. The molecule has 1 aromatic carbocycles. The lowest BCUT2D eigenvalue weighted by atomic mass is 10.2. The molecule has 0 bridgehead atoms. The summed E-state index contributed by atoms with van der Waals surface area (Å²) in [4.78, 5) is 2.45. The fourth-order valence-corrected chi connectivity index (χ4v) is 1.87. The van der Waals surface area contributed by atoms with Gasteiger partial charge in [-0.15, -0.1) is 0 Å². The summed E-state index contributed by atoms with van der Waals surface area (Å²) >= 11 is 0. The van der Waals surface area contributed by atoms with Crippen LogP contribution in [0.25, 0.3) is 0 Å². The third kappa shape index (κ3) is 5.41. The summed E-state index contributed by atoms with van der Waals surface area (Å²) < 4.78 is 5.73. The Kier molecular flexibility index (Phi) is 5.99. The van der Waals surface area contributed by atoms with Crippen molar-refractivity contribution in [2.24, 2.45) is 5.92 Å². The molecule has 0 aliphatic heterocycles. The van der Waals surface area contributed by atoms with E-state index in [1.54, 1.807) is 0 Å². The lowest BCUT2D eigenvalue weighted by Gasteiger charge is -2.28. The van der Waals surface area contributed by atoms with E-state index in [1.165, 1.54) is 0 Å². The van der Waals surface area contributed by atoms with Crippen LogP contribution < -0.4 is 10.5 Å². The molecule has 1 rings (SSSR count). The van der Waals surface area contributed by atoms with Crippen molar-refractivity contribution < 1.29 is 4.74 Å².